The van der Waals surface area contributed by atoms with E-state index >= 15 is 0 Å². The zero-order chi connectivity index (χ0) is 17.6. The van der Waals surface area contributed by atoms with Gasteiger partial charge >= 0.3 is 0 Å². The minimum atomic E-state index is 0.465. The molecule has 4 aromatic heterocycles. The first-order valence-electron chi connectivity index (χ1n) is 7.90. The number of nitrogens with zero attached hydrogens (tertiary/aromatic N) is 3. The highest BCUT2D eigenvalue weighted by molar-refractivity contribution is 5.99. The van der Waals surface area contributed by atoms with E-state index < -0.39 is 0 Å². The fourth-order valence-electron chi connectivity index (χ4n) is 3.14. The summed E-state index contributed by atoms with van der Waals surface area (Å²) in [7, 11) is 7.08. The van der Waals surface area contributed by atoms with Gasteiger partial charge in [-0.1, -0.05) is 0 Å². The lowest BCUT2D eigenvalue weighted by Crippen LogP contribution is -1.95. The molecule has 25 heavy (non-hydrogen) atoms. The maximum atomic E-state index is 5.37. The molecule has 0 spiro atoms. The largest absolute Gasteiger partial charge is 0.491 e. The van der Waals surface area contributed by atoms with Crippen LogP contribution in [0, 0.1) is 0 Å². The van der Waals surface area contributed by atoms with Crippen LogP contribution in [0.5, 0.6) is 11.6 Å². The number of anilines is 1. The van der Waals surface area contributed by atoms with E-state index in [9.17, 15) is 0 Å². The Labute approximate surface area is 144 Å². The molecule has 4 heterocycles. The van der Waals surface area contributed by atoms with Crippen molar-refractivity contribution in [3.05, 3.63) is 30.6 Å². The maximum absolute atomic E-state index is 5.37. The minimum absolute atomic E-state index is 0.465. The third-order valence-electron chi connectivity index (χ3n) is 4.40. The number of methoxy groups -OCH3 is 2. The first kappa shape index (κ1) is 15.3. The lowest BCUT2D eigenvalue weighted by Gasteiger charge is -2.07. The van der Waals surface area contributed by atoms with Crippen molar-refractivity contribution < 1.29 is 9.47 Å². The molecule has 0 bridgehead atoms. The lowest BCUT2D eigenvalue weighted by atomic mass is 10.2. The highest BCUT2D eigenvalue weighted by atomic mass is 16.5. The number of aromatic nitrogens is 4. The molecule has 0 aliphatic carbocycles. The van der Waals surface area contributed by atoms with Gasteiger partial charge in [0, 0.05) is 49.2 Å². The van der Waals surface area contributed by atoms with Gasteiger partial charge in [0.1, 0.15) is 11.2 Å². The predicted molar refractivity (Wildman–Crippen MR) is 98.5 cm³/mol. The molecular formula is C18H19N5O2. The lowest BCUT2D eigenvalue weighted by molar-refractivity contribution is 0.344. The summed E-state index contributed by atoms with van der Waals surface area (Å²) in [6.45, 7) is 0. The fourth-order valence-corrected chi connectivity index (χ4v) is 3.14. The summed E-state index contributed by atoms with van der Waals surface area (Å²) in [5.41, 5.74) is 5.61. The van der Waals surface area contributed by atoms with Crippen LogP contribution in [0.1, 0.15) is 0 Å². The van der Waals surface area contributed by atoms with E-state index in [1.54, 1.807) is 20.4 Å². The highest BCUT2D eigenvalue weighted by Crippen LogP contribution is 2.36. The Morgan fingerprint density at radius 2 is 2.04 bits per heavy atom. The molecule has 0 saturated heterocycles. The van der Waals surface area contributed by atoms with Crippen LogP contribution in [0.25, 0.3) is 33.3 Å². The molecular weight excluding hydrogens is 318 g/mol. The molecule has 0 amide bonds. The molecule has 2 N–H and O–H groups in total. The number of aromatic amines is 1. The first-order valence-corrected chi connectivity index (χ1v) is 7.90. The Bertz CT molecular complexity index is 1080. The summed E-state index contributed by atoms with van der Waals surface area (Å²) in [6.07, 6.45) is 3.82. The molecule has 4 aromatic rings. The summed E-state index contributed by atoms with van der Waals surface area (Å²) >= 11 is 0. The molecule has 0 aromatic carbocycles. The van der Waals surface area contributed by atoms with E-state index in [0.717, 1.165) is 39.0 Å². The molecule has 0 fully saturated rings. The van der Waals surface area contributed by atoms with E-state index in [-0.39, 0.29) is 0 Å². The van der Waals surface area contributed by atoms with Gasteiger partial charge in [0.2, 0.25) is 0 Å². The first-order chi connectivity index (χ1) is 12.2. The molecule has 0 saturated carbocycles. The molecule has 0 unspecified atom stereocenters. The summed E-state index contributed by atoms with van der Waals surface area (Å²) < 4.78 is 12.8. The van der Waals surface area contributed by atoms with Crippen molar-refractivity contribution in [3.8, 4) is 22.9 Å². The van der Waals surface area contributed by atoms with Gasteiger partial charge in [-0.25, -0.2) is 9.97 Å². The number of pyridine rings is 2. The Kier molecular flexibility index (Phi) is 3.49. The van der Waals surface area contributed by atoms with Crippen LogP contribution in [0.2, 0.25) is 0 Å². The quantitative estimate of drug-likeness (QED) is 0.598. The van der Waals surface area contributed by atoms with Crippen LogP contribution in [0.3, 0.4) is 0 Å². The van der Waals surface area contributed by atoms with Crippen molar-refractivity contribution in [2.24, 2.45) is 7.05 Å². The summed E-state index contributed by atoms with van der Waals surface area (Å²) in [5, 5.41) is 4.23. The van der Waals surface area contributed by atoms with Gasteiger partial charge in [0.25, 0.3) is 5.88 Å². The molecule has 4 rings (SSSR count). The number of aryl methyl sites for hydroxylation is 1. The van der Waals surface area contributed by atoms with Crippen LogP contribution < -0.4 is 14.8 Å². The van der Waals surface area contributed by atoms with Gasteiger partial charge in [-0.3, -0.25) is 0 Å². The zero-order valence-corrected chi connectivity index (χ0v) is 14.5. The van der Waals surface area contributed by atoms with Crippen LogP contribution in [-0.2, 0) is 7.05 Å². The Morgan fingerprint density at radius 1 is 1.20 bits per heavy atom. The van der Waals surface area contributed by atoms with Crippen LogP contribution >= 0.6 is 0 Å². The van der Waals surface area contributed by atoms with Gasteiger partial charge in [-0.15, -0.1) is 0 Å². The molecule has 0 aliphatic rings. The van der Waals surface area contributed by atoms with E-state index in [4.69, 9.17) is 9.47 Å². The highest BCUT2D eigenvalue weighted by Gasteiger charge is 2.17. The number of fused-ring (bicyclic) bond motifs is 2. The van der Waals surface area contributed by atoms with Gasteiger partial charge in [-0.2, -0.15) is 0 Å². The standard InChI is InChI=1S/C18H19N5O2/c1-19-12-5-6-20-17-10(12)7-13(21-17)11-9-23(2)14-8-15(24-3)18(25-4)22-16(11)14/h5-9H,1-4H3,(H2,19,20,21). The van der Waals surface area contributed by atoms with Crippen molar-refractivity contribution in [1.29, 1.82) is 0 Å². The zero-order valence-electron chi connectivity index (χ0n) is 14.5. The number of rotatable bonds is 4. The number of H-pyrrole nitrogens is 1. The average molecular weight is 337 g/mol. The molecule has 7 heteroatoms. The van der Waals surface area contributed by atoms with Gasteiger partial charge in [-0.05, 0) is 12.1 Å². The average Bonchev–Trinajstić information content (AvgIpc) is 3.21. The monoisotopic (exact) mass is 337 g/mol. The third-order valence-corrected chi connectivity index (χ3v) is 4.40. The van der Waals surface area contributed by atoms with Crippen LogP contribution in [0.15, 0.2) is 30.6 Å². The third kappa shape index (κ3) is 2.27. The number of hydrogen-bond donors (Lipinski definition) is 2. The van der Waals surface area contributed by atoms with Crippen molar-refractivity contribution >= 4 is 27.8 Å². The topological polar surface area (TPSA) is 77.0 Å². The van der Waals surface area contributed by atoms with Crippen molar-refractivity contribution in [1.82, 2.24) is 19.5 Å². The Hall–Kier alpha value is -3.22. The second-order valence-corrected chi connectivity index (χ2v) is 5.78. The predicted octanol–water partition coefficient (Wildman–Crippen LogP) is 3.18. The number of nitrogens with one attached hydrogen (secondary N) is 2. The Morgan fingerprint density at radius 3 is 2.76 bits per heavy atom. The summed E-state index contributed by atoms with van der Waals surface area (Å²) in [6, 6.07) is 5.97. The van der Waals surface area contributed by atoms with Crippen LogP contribution in [-0.4, -0.2) is 40.8 Å². The normalized spacial score (nSPS) is 11.2. The second-order valence-electron chi connectivity index (χ2n) is 5.78. The summed E-state index contributed by atoms with van der Waals surface area (Å²) in [4.78, 5) is 12.4. The van der Waals surface area contributed by atoms with Crippen LogP contribution in [0.4, 0.5) is 5.69 Å². The molecule has 0 atom stereocenters. The molecule has 0 aliphatic heterocycles. The summed E-state index contributed by atoms with van der Waals surface area (Å²) in [5.74, 6) is 1.08. The smallest absolute Gasteiger partial charge is 0.257 e. The van der Waals surface area contributed by atoms with Gasteiger partial charge in [0.05, 0.1) is 25.4 Å². The van der Waals surface area contributed by atoms with Crippen molar-refractivity contribution in [2.45, 2.75) is 0 Å². The second kappa shape index (κ2) is 5.70. The minimum Gasteiger partial charge on any atom is -0.491 e. The van der Waals surface area contributed by atoms with E-state index in [0.29, 0.717) is 11.6 Å². The van der Waals surface area contributed by atoms with Gasteiger partial charge in [0.15, 0.2) is 5.75 Å². The molecule has 128 valence electrons. The number of hydrogen-bond acceptors (Lipinski definition) is 5. The Balaban J connectivity index is 1.98. The molecule has 7 nitrogen and oxygen atoms in total. The fraction of sp³-hybridized carbons (Fsp3) is 0.222. The maximum Gasteiger partial charge on any atom is 0.257 e. The van der Waals surface area contributed by atoms with E-state index in [1.807, 2.05) is 37.0 Å². The van der Waals surface area contributed by atoms with Crippen molar-refractivity contribution in [3.63, 3.8) is 0 Å². The SMILES string of the molecule is CNc1ccnc2[nH]c(-c3cn(C)c4cc(OC)c(OC)nc34)cc12. The number of ether oxygens (including phenoxy) is 2. The van der Waals surface area contributed by atoms with E-state index in [1.165, 1.54) is 0 Å². The van der Waals surface area contributed by atoms with E-state index in [2.05, 4.69) is 26.3 Å². The van der Waals surface area contributed by atoms with Gasteiger partial charge < -0.3 is 24.3 Å². The van der Waals surface area contributed by atoms with Crippen molar-refractivity contribution in [2.75, 3.05) is 26.6 Å². The molecule has 0 radical (unpaired) electrons.